The number of carbonyl (C=O) groups excluding carboxylic acids is 4. The standard InChI is InChI=1S/C28H27BrN2O10S/c1-14(32)37-13-22-23(38-15(2)33)24(39-16(3)34)25(40-17(4)35)27(41-22)31-21-11-10-18(29)12-20(21)26(36)30(28(31)42)19-8-6-5-7-9-19/h5-12,22-25,27H,13H2,1-4H3. The van der Waals surface area contributed by atoms with Gasteiger partial charge < -0.3 is 23.7 Å². The molecule has 14 heteroatoms. The van der Waals surface area contributed by atoms with E-state index >= 15 is 0 Å². The first-order chi connectivity index (χ1) is 19.9. The SMILES string of the molecule is CC(=O)OCC1OC(n2c(=S)n(-c3ccccc3)c(=O)c3cc(Br)ccc32)C(OC(C)=O)C(OC(C)=O)C1OC(C)=O. The molecule has 2 heterocycles. The van der Waals surface area contributed by atoms with Gasteiger partial charge >= 0.3 is 23.9 Å². The van der Waals surface area contributed by atoms with Gasteiger partial charge in [-0.25, -0.2) is 0 Å². The monoisotopic (exact) mass is 662 g/mol. The maximum absolute atomic E-state index is 13.8. The van der Waals surface area contributed by atoms with Crippen LogP contribution in [0.15, 0.2) is 57.8 Å². The van der Waals surface area contributed by atoms with Gasteiger partial charge in [-0.15, -0.1) is 0 Å². The van der Waals surface area contributed by atoms with Gasteiger partial charge in [-0.1, -0.05) is 34.1 Å². The first-order valence-corrected chi connectivity index (χ1v) is 13.9. The number of para-hydroxylation sites is 1. The van der Waals surface area contributed by atoms with E-state index in [1.165, 1.54) is 16.1 Å². The predicted molar refractivity (Wildman–Crippen MR) is 153 cm³/mol. The van der Waals surface area contributed by atoms with Crippen LogP contribution in [-0.2, 0) is 42.9 Å². The summed E-state index contributed by atoms with van der Waals surface area (Å²) in [7, 11) is 0. The molecule has 0 saturated carbocycles. The molecule has 0 aliphatic carbocycles. The van der Waals surface area contributed by atoms with Gasteiger partial charge in [0.05, 0.1) is 16.6 Å². The van der Waals surface area contributed by atoms with Crippen molar-refractivity contribution >= 4 is 62.9 Å². The summed E-state index contributed by atoms with van der Waals surface area (Å²) in [5, 5.41) is 0.231. The van der Waals surface area contributed by atoms with Crippen LogP contribution in [0.1, 0.15) is 33.9 Å². The summed E-state index contributed by atoms with van der Waals surface area (Å²) in [5.41, 5.74) is 0.333. The van der Waals surface area contributed by atoms with Crippen molar-refractivity contribution < 1.29 is 42.9 Å². The van der Waals surface area contributed by atoms with Crippen LogP contribution in [0.25, 0.3) is 16.6 Å². The molecule has 1 fully saturated rings. The number of hydrogen-bond acceptors (Lipinski definition) is 11. The minimum atomic E-state index is -1.43. The molecule has 1 aliphatic heterocycles. The van der Waals surface area contributed by atoms with E-state index in [-0.39, 0.29) is 10.2 Å². The van der Waals surface area contributed by atoms with E-state index in [1.54, 1.807) is 48.5 Å². The molecule has 0 radical (unpaired) electrons. The Kier molecular flexibility index (Phi) is 9.59. The molecular formula is C28H27BrN2O10S. The molecule has 0 bridgehead atoms. The quantitative estimate of drug-likeness (QED) is 0.208. The van der Waals surface area contributed by atoms with E-state index in [0.29, 0.717) is 15.7 Å². The lowest BCUT2D eigenvalue weighted by atomic mass is 9.96. The molecule has 1 saturated heterocycles. The summed E-state index contributed by atoms with van der Waals surface area (Å²) in [6.07, 6.45) is -6.74. The lowest BCUT2D eigenvalue weighted by Crippen LogP contribution is -2.60. The molecule has 222 valence electrons. The molecule has 1 aliphatic rings. The zero-order chi connectivity index (χ0) is 30.7. The van der Waals surface area contributed by atoms with Crippen molar-refractivity contribution in [2.45, 2.75) is 58.3 Å². The second-order valence-electron chi connectivity index (χ2n) is 9.38. The number of nitrogens with zero attached hydrogens (tertiary/aromatic N) is 2. The third-order valence-electron chi connectivity index (χ3n) is 6.28. The van der Waals surface area contributed by atoms with Crippen molar-refractivity contribution in [1.29, 1.82) is 0 Å². The average Bonchev–Trinajstić information content (AvgIpc) is 2.91. The predicted octanol–water partition coefficient (Wildman–Crippen LogP) is 3.54. The zero-order valence-electron chi connectivity index (χ0n) is 23.0. The van der Waals surface area contributed by atoms with Gasteiger partial charge in [-0.05, 0) is 42.5 Å². The molecular weight excluding hydrogens is 636 g/mol. The number of rotatable bonds is 7. The van der Waals surface area contributed by atoms with Crippen LogP contribution in [0.3, 0.4) is 0 Å². The average molecular weight is 663 g/mol. The Balaban J connectivity index is 2.05. The van der Waals surface area contributed by atoms with Gasteiger partial charge in [0, 0.05) is 32.2 Å². The smallest absolute Gasteiger partial charge is 0.303 e. The zero-order valence-corrected chi connectivity index (χ0v) is 25.4. The number of esters is 4. The van der Waals surface area contributed by atoms with Crippen molar-refractivity contribution in [3.8, 4) is 5.69 Å². The Hall–Kier alpha value is -3.88. The number of hydrogen-bond donors (Lipinski definition) is 0. The summed E-state index contributed by atoms with van der Waals surface area (Å²) in [4.78, 5) is 62.3. The van der Waals surface area contributed by atoms with Crippen LogP contribution < -0.4 is 5.56 Å². The fourth-order valence-corrected chi connectivity index (χ4v) is 5.52. The Morgan fingerprint density at radius 2 is 1.45 bits per heavy atom. The number of carbonyl (C=O) groups is 4. The van der Waals surface area contributed by atoms with Crippen LogP contribution in [0.2, 0.25) is 0 Å². The van der Waals surface area contributed by atoms with Crippen molar-refractivity contribution in [2.24, 2.45) is 0 Å². The van der Waals surface area contributed by atoms with Gasteiger partial charge in [0.2, 0.25) is 0 Å². The van der Waals surface area contributed by atoms with E-state index in [2.05, 4.69) is 15.9 Å². The lowest BCUT2D eigenvalue weighted by Gasteiger charge is -2.45. The first-order valence-electron chi connectivity index (χ1n) is 12.7. The van der Waals surface area contributed by atoms with Gasteiger partial charge in [-0.2, -0.15) is 0 Å². The highest BCUT2D eigenvalue weighted by atomic mass is 79.9. The highest BCUT2D eigenvalue weighted by Gasteiger charge is 2.53. The van der Waals surface area contributed by atoms with E-state index in [1.807, 2.05) is 0 Å². The Labute approximate surface area is 253 Å². The summed E-state index contributed by atoms with van der Waals surface area (Å²) >= 11 is 9.26. The molecule has 5 unspecified atom stereocenters. The van der Waals surface area contributed by atoms with Crippen molar-refractivity contribution in [3.63, 3.8) is 0 Å². The summed E-state index contributed by atoms with van der Waals surface area (Å²) in [5.74, 6) is -2.93. The number of halogens is 1. The maximum atomic E-state index is 13.8. The number of aromatic nitrogens is 2. The van der Waals surface area contributed by atoms with Crippen LogP contribution >= 0.6 is 28.1 Å². The molecule has 42 heavy (non-hydrogen) atoms. The van der Waals surface area contributed by atoms with Crippen LogP contribution in [-0.4, -0.2) is 64.0 Å². The van der Waals surface area contributed by atoms with E-state index in [9.17, 15) is 24.0 Å². The van der Waals surface area contributed by atoms with E-state index < -0.39 is 66.7 Å². The van der Waals surface area contributed by atoms with Crippen molar-refractivity contribution in [3.05, 3.63) is 68.1 Å². The highest BCUT2D eigenvalue weighted by Crippen LogP contribution is 2.37. The highest BCUT2D eigenvalue weighted by molar-refractivity contribution is 9.10. The molecule has 4 rings (SSSR count). The summed E-state index contributed by atoms with van der Waals surface area (Å²) in [6, 6.07) is 13.6. The van der Waals surface area contributed by atoms with Crippen molar-refractivity contribution in [1.82, 2.24) is 9.13 Å². The fraction of sp³-hybridized carbons (Fsp3) is 0.357. The second-order valence-corrected chi connectivity index (χ2v) is 10.7. The Morgan fingerprint density at radius 1 is 0.857 bits per heavy atom. The summed E-state index contributed by atoms with van der Waals surface area (Å²) in [6.45, 7) is 4.19. The molecule has 0 spiro atoms. The van der Waals surface area contributed by atoms with Gasteiger partial charge in [0.1, 0.15) is 12.7 Å². The minimum absolute atomic E-state index is 0.0399. The van der Waals surface area contributed by atoms with E-state index in [4.69, 9.17) is 35.9 Å². The Morgan fingerprint density at radius 3 is 2.05 bits per heavy atom. The largest absolute Gasteiger partial charge is 0.463 e. The number of fused-ring (bicyclic) bond motifs is 1. The molecule has 0 N–H and O–H groups in total. The number of benzene rings is 2. The van der Waals surface area contributed by atoms with Crippen LogP contribution in [0.5, 0.6) is 0 Å². The first kappa shape index (κ1) is 31.1. The maximum Gasteiger partial charge on any atom is 0.303 e. The molecule has 1 aromatic heterocycles. The molecule has 12 nitrogen and oxygen atoms in total. The topological polar surface area (TPSA) is 141 Å². The normalized spacial score (nSPS) is 21.8. The van der Waals surface area contributed by atoms with Crippen molar-refractivity contribution in [2.75, 3.05) is 6.61 Å². The Bertz CT molecular complexity index is 1650. The number of ether oxygens (including phenoxy) is 5. The fourth-order valence-electron chi connectivity index (χ4n) is 4.77. The van der Waals surface area contributed by atoms with Crippen LogP contribution in [0.4, 0.5) is 0 Å². The third-order valence-corrected chi connectivity index (χ3v) is 7.16. The molecule has 5 atom stereocenters. The van der Waals surface area contributed by atoms with Gasteiger partial charge in [0.15, 0.2) is 29.3 Å². The van der Waals surface area contributed by atoms with Gasteiger partial charge in [-0.3, -0.25) is 33.1 Å². The molecule has 2 aromatic carbocycles. The molecule has 3 aromatic rings. The van der Waals surface area contributed by atoms with Crippen LogP contribution in [0, 0.1) is 4.77 Å². The lowest BCUT2D eigenvalue weighted by molar-refractivity contribution is -0.268. The summed E-state index contributed by atoms with van der Waals surface area (Å²) < 4.78 is 31.6. The molecule has 0 amide bonds. The van der Waals surface area contributed by atoms with Gasteiger partial charge in [0.25, 0.3) is 5.56 Å². The van der Waals surface area contributed by atoms with E-state index in [0.717, 1.165) is 20.8 Å². The second kappa shape index (κ2) is 13.0. The minimum Gasteiger partial charge on any atom is -0.463 e. The third kappa shape index (κ3) is 6.61.